The van der Waals surface area contributed by atoms with Gasteiger partial charge in [-0.05, 0) is 27.2 Å². The Bertz CT molecular complexity index is 344. The van der Waals surface area contributed by atoms with Gasteiger partial charge in [-0.1, -0.05) is 0 Å². The Morgan fingerprint density at radius 2 is 1.85 bits per heavy atom. The second kappa shape index (κ2) is 9.17. The Morgan fingerprint density at radius 3 is 2.30 bits per heavy atom. The number of hydrogen-bond donors (Lipinski definition) is 1. The Kier molecular flexibility index (Phi) is 8.35. The molecule has 0 atom stereocenters. The molecule has 0 unspecified atom stereocenters. The SMILES string of the molecule is CCOC(=O)CN(C)C(=O)N(CCCC(=O)O)C(C)C. The zero-order chi connectivity index (χ0) is 15.7. The van der Waals surface area contributed by atoms with Crippen molar-refractivity contribution in [3.05, 3.63) is 0 Å². The van der Waals surface area contributed by atoms with Gasteiger partial charge in [-0.3, -0.25) is 9.59 Å². The lowest BCUT2D eigenvalue weighted by molar-refractivity contribution is -0.143. The number of carbonyl (C=O) groups is 3. The largest absolute Gasteiger partial charge is 0.481 e. The van der Waals surface area contributed by atoms with Crippen molar-refractivity contribution < 1.29 is 24.2 Å². The van der Waals surface area contributed by atoms with E-state index in [4.69, 9.17) is 9.84 Å². The molecule has 0 saturated carbocycles. The number of hydrogen-bond acceptors (Lipinski definition) is 4. The summed E-state index contributed by atoms with van der Waals surface area (Å²) in [6.45, 7) is 5.89. The van der Waals surface area contributed by atoms with Crippen molar-refractivity contribution >= 4 is 18.0 Å². The highest BCUT2D eigenvalue weighted by Gasteiger charge is 2.22. The van der Waals surface area contributed by atoms with Crippen LogP contribution < -0.4 is 0 Å². The molecule has 0 aromatic heterocycles. The number of urea groups is 1. The van der Waals surface area contributed by atoms with Gasteiger partial charge in [0.25, 0.3) is 0 Å². The van der Waals surface area contributed by atoms with Crippen LogP contribution in [-0.2, 0) is 14.3 Å². The van der Waals surface area contributed by atoms with Crippen molar-refractivity contribution in [1.82, 2.24) is 9.80 Å². The fourth-order valence-corrected chi connectivity index (χ4v) is 1.66. The second-order valence-corrected chi connectivity index (χ2v) is 4.73. The van der Waals surface area contributed by atoms with Gasteiger partial charge in [-0.2, -0.15) is 0 Å². The summed E-state index contributed by atoms with van der Waals surface area (Å²) in [6.07, 6.45) is 0.393. The standard InChI is InChI=1S/C13H24N2O5/c1-5-20-12(18)9-14(4)13(19)15(10(2)3)8-6-7-11(16)17/h10H,5-9H2,1-4H3,(H,16,17). The zero-order valence-corrected chi connectivity index (χ0v) is 12.6. The van der Waals surface area contributed by atoms with E-state index < -0.39 is 11.9 Å². The van der Waals surface area contributed by atoms with Crippen LogP contribution in [0.1, 0.15) is 33.6 Å². The third-order valence-corrected chi connectivity index (χ3v) is 2.66. The summed E-state index contributed by atoms with van der Waals surface area (Å²) in [7, 11) is 1.52. The molecule has 116 valence electrons. The number of esters is 1. The van der Waals surface area contributed by atoms with Crippen LogP contribution in [0.2, 0.25) is 0 Å². The molecule has 0 aromatic carbocycles. The van der Waals surface area contributed by atoms with Crippen LogP contribution in [0.5, 0.6) is 0 Å². The average Bonchev–Trinajstić information content (AvgIpc) is 2.33. The van der Waals surface area contributed by atoms with E-state index >= 15 is 0 Å². The second-order valence-electron chi connectivity index (χ2n) is 4.73. The topological polar surface area (TPSA) is 87.2 Å². The number of carbonyl (C=O) groups excluding carboxylic acids is 2. The van der Waals surface area contributed by atoms with Gasteiger partial charge in [-0.25, -0.2) is 4.79 Å². The molecule has 7 heteroatoms. The third kappa shape index (κ3) is 6.96. The van der Waals surface area contributed by atoms with Crippen LogP contribution in [0.3, 0.4) is 0 Å². The Hall–Kier alpha value is -1.79. The molecule has 7 nitrogen and oxygen atoms in total. The van der Waals surface area contributed by atoms with Gasteiger partial charge in [0.1, 0.15) is 6.54 Å². The first-order valence-electron chi connectivity index (χ1n) is 6.68. The lowest BCUT2D eigenvalue weighted by Gasteiger charge is -2.30. The third-order valence-electron chi connectivity index (χ3n) is 2.66. The molecular weight excluding hydrogens is 264 g/mol. The highest BCUT2D eigenvalue weighted by Crippen LogP contribution is 2.06. The van der Waals surface area contributed by atoms with Gasteiger partial charge in [0, 0.05) is 26.1 Å². The van der Waals surface area contributed by atoms with Gasteiger partial charge < -0.3 is 19.6 Å². The van der Waals surface area contributed by atoms with Gasteiger partial charge in [0.15, 0.2) is 0 Å². The summed E-state index contributed by atoms with van der Waals surface area (Å²) in [6, 6.07) is -0.376. The zero-order valence-electron chi connectivity index (χ0n) is 12.6. The molecule has 0 aliphatic heterocycles. The Balaban J connectivity index is 4.47. The molecule has 0 bridgehead atoms. The van der Waals surface area contributed by atoms with Crippen molar-refractivity contribution in [2.75, 3.05) is 26.7 Å². The molecule has 2 amide bonds. The first-order valence-corrected chi connectivity index (χ1v) is 6.68. The Labute approximate surface area is 119 Å². The lowest BCUT2D eigenvalue weighted by atomic mass is 10.2. The molecule has 0 aromatic rings. The predicted octanol–water partition coefficient (Wildman–Crippen LogP) is 1.18. The molecule has 0 heterocycles. The molecule has 1 N–H and O–H groups in total. The van der Waals surface area contributed by atoms with Crippen LogP contribution in [0, 0.1) is 0 Å². The minimum Gasteiger partial charge on any atom is -0.481 e. The van der Waals surface area contributed by atoms with E-state index in [9.17, 15) is 14.4 Å². The van der Waals surface area contributed by atoms with Crippen molar-refractivity contribution in [2.45, 2.75) is 39.7 Å². The molecule has 0 fully saturated rings. The number of ether oxygens (including phenoxy) is 1. The van der Waals surface area contributed by atoms with E-state index in [1.165, 1.54) is 11.9 Å². The minimum atomic E-state index is -0.888. The van der Waals surface area contributed by atoms with E-state index in [0.717, 1.165) is 0 Å². The van der Waals surface area contributed by atoms with Crippen molar-refractivity contribution in [3.63, 3.8) is 0 Å². The molecule has 0 rings (SSSR count). The van der Waals surface area contributed by atoms with E-state index in [1.54, 1.807) is 11.8 Å². The van der Waals surface area contributed by atoms with Crippen molar-refractivity contribution in [2.24, 2.45) is 0 Å². The summed E-state index contributed by atoms with van der Waals surface area (Å²) in [5, 5.41) is 8.62. The Morgan fingerprint density at radius 1 is 1.25 bits per heavy atom. The van der Waals surface area contributed by atoms with Crippen LogP contribution >= 0.6 is 0 Å². The predicted molar refractivity (Wildman–Crippen MR) is 73.4 cm³/mol. The molecule has 0 saturated heterocycles. The molecular formula is C13H24N2O5. The van der Waals surface area contributed by atoms with Gasteiger partial charge in [0.2, 0.25) is 0 Å². The summed E-state index contributed by atoms with van der Waals surface area (Å²) >= 11 is 0. The summed E-state index contributed by atoms with van der Waals surface area (Å²) < 4.78 is 4.79. The summed E-state index contributed by atoms with van der Waals surface area (Å²) in [5.41, 5.74) is 0. The van der Waals surface area contributed by atoms with E-state index in [1.807, 2.05) is 13.8 Å². The quantitative estimate of drug-likeness (QED) is 0.678. The number of carboxylic acids is 1. The number of nitrogens with zero attached hydrogens (tertiary/aromatic N) is 2. The van der Waals surface area contributed by atoms with Gasteiger partial charge in [-0.15, -0.1) is 0 Å². The molecule has 0 radical (unpaired) electrons. The lowest BCUT2D eigenvalue weighted by Crippen LogP contribution is -2.47. The smallest absolute Gasteiger partial charge is 0.325 e. The van der Waals surface area contributed by atoms with Crippen LogP contribution in [0.4, 0.5) is 4.79 Å². The van der Waals surface area contributed by atoms with Crippen molar-refractivity contribution in [3.8, 4) is 0 Å². The normalized spacial score (nSPS) is 10.2. The van der Waals surface area contributed by atoms with Gasteiger partial charge in [0.05, 0.1) is 6.61 Å². The molecule has 0 aliphatic rings. The maximum Gasteiger partial charge on any atom is 0.325 e. The number of amides is 2. The highest BCUT2D eigenvalue weighted by atomic mass is 16.5. The average molecular weight is 288 g/mol. The molecule has 0 aliphatic carbocycles. The number of aliphatic carboxylic acids is 1. The molecule has 20 heavy (non-hydrogen) atoms. The maximum absolute atomic E-state index is 12.2. The van der Waals surface area contributed by atoms with Gasteiger partial charge >= 0.3 is 18.0 Å². The highest BCUT2D eigenvalue weighted by molar-refractivity contribution is 5.81. The first-order chi connectivity index (χ1) is 9.29. The number of rotatable bonds is 8. The maximum atomic E-state index is 12.2. The first kappa shape index (κ1) is 18.2. The van der Waals surface area contributed by atoms with E-state index in [0.29, 0.717) is 13.0 Å². The fourth-order valence-electron chi connectivity index (χ4n) is 1.66. The van der Waals surface area contributed by atoms with E-state index in [2.05, 4.69) is 0 Å². The van der Waals surface area contributed by atoms with Crippen LogP contribution in [0.25, 0.3) is 0 Å². The summed E-state index contributed by atoms with van der Waals surface area (Å²) in [4.78, 5) is 36.9. The van der Waals surface area contributed by atoms with Crippen LogP contribution in [0.15, 0.2) is 0 Å². The minimum absolute atomic E-state index is 0.0120. The monoisotopic (exact) mass is 288 g/mol. The fraction of sp³-hybridized carbons (Fsp3) is 0.769. The van der Waals surface area contributed by atoms with E-state index in [-0.39, 0.29) is 31.6 Å². The number of carboxylic acid groups (broad SMARTS) is 1. The van der Waals surface area contributed by atoms with Crippen LogP contribution in [-0.4, -0.2) is 65.7 Å². The summed E-state index contributed by atoms with van der Waals surface area (Å²) in [5.74, 6) is -1.35. The molecule has 0 spiro atoms. The van der Waals surface area contributed by atoms with Crippen molar-refractivity contribution in [1.29, 1.82) is 0 Å². The number of likely N-dealkylation sites (N-methyl/N-ethyl adjacent to an activating group) is 1.